The second kappa shape index (κ2) is 7.03. The van der Waals surface area contributed by atoms with Crippen LogP contribution in [0.15, 0.2) is 84.1 Å². The molecule has 2 heterocycles. The van der Waals surface area contributed by atoms with Gasteiger partial charge in [0, 0.05) is 22.7 Å². The summed E-state index contributed by atoms with van der Waals surface area (Å²) in [6.07, 6.45) is 3.19. The Morgan fingerprint density at radius 1 is 0.962 bits per heavy atom. The number of nitrogens with one attached hydrogen (secondary N) is 2. The molecule has 0 unspecified atom stereocenters. The van der Waals surface area contributed by atoms with Gasteiger partial charge >= 0.3 is 0 Å². The molecule has 0 saturated carbocycles. The van der Waals surface area contributed by atoms with Gasteiger partial charge in [-0.05, 0) is 23.8 Å². The highest BCUT2D eigenvalue weighted by Crippen LogP contribution is 2.32. The van der Waals surface area contributed by atoms with Crippen molar-refractivity contribution in [2.45, 2.75) is 0 Å². The molecular formula is C21H16N4O. The van der Waals surface area contributed by atoms with Gasteiger partial charge in [0.1, 0.15) is 5.69 Å². The number of benzene rings is 2. The van der Waals surface area contributed by atoms with Gasteiger partial charge in [0.15, 0.2) is 0 Å². The number of aromatic amines is 1. The number of hydrogen-bond donors (Lipinski definition) is 2. The van der Waals surface area contributed by atoms with Crippen LogP contribution in [-0.4, -0.2) is 22.1 Å². The van der Waals surface area contributed by atoms with E-state index < -0.39 is 0 Å². The SMILES string of the molecule is O=C(NN=Cc1ccccn1)c1[nH]c2ccccc2c1-c1ccccc1. The van der Waals surface area contributed by atoms with Gasteiger partial charge in [-0.3, -0.25) is 9.78 Å². The summed E-state index contributed by atoms with van der Waals surface area (Å²) in [4.78, 5) is 20.1. The van der Waals surface area contributed by atoms with Crippen LogP contribution >= 0.6 is 0 Å². The molecule has 4 rings (SSSR count). The minimum absolute atomic E-state index is 0.299. The van der Waals surface area contributed by atoms with E-state index in [2.05, 4.69) is 20.5 Å². The van der Waals surface area contributed by atoms with Crippen molar-refractivity contribution in [3.8, 4) is 11.1 Å². The fourth-order valence-corrected chi connectivity index (χ4v) is 2.88. The Balaban J connectivity index is 1.69. The van der Waals surface area contributed by atoms with Gasteiger partial charge in [0.25, 0.3) is 5.91 Å². The number of carbonyl (C=O) groups excluding carboxylic acids is 1. The molecule has 2 N–H and O–H groups in total. The molecule has 4 aromatic rings. The molecule has 0 bridgehead atoms. The number of fused-ring (bicyclic) bond motifs is 1. The van der Waals surface area contributed by atoms with Crippen LogP contribution in [0.5, 0.6) is 0 Å². The predicted octanol–water partition coefficient (Wildman–Crippen LogP) is 3.99. The van der Waals surface area contributed by atoms with Crippen molar-refractivity contribution in [1.29, 1.82) is 0 Å². The van der Waals surface area contributed by atoms with Gasteiger partial charge in [0.05, 0.1) is 11.9 Å². The van der Waals surface area contributed by atoms with Crippen LogP contribution in [0.3, 0.4) is 0 Å². The zero-order valence-corrected chi connectivity index (χ0v) is 13.9. The predicted molar refractivity (Wildman–Crippen MR) is 103 cm³/mol. The lowest BCUT2D eigenvalue weighted by Crippen LogP contribution is -2.19. The molecule has 5 heteroatoms. The minimum Gasteiger partial charge on any atom is -0.350 e. The van der Waals surface area contributed by atoms with Gasteiger partial charge in [-0.2, -0.15) is 5.10 Å². The first-order chi connectivity index (χ1) is 12.8. The Bertz CT molecular complexity index is 1070. The summed E-state index contributed by atoms with van der Waals surface area (Å²) in [5.41, 5.74) is 6.48. The normalized spacial score (nSPS) is 11.1. The summed E-state index contributed by atoms with van der Waals surface area (Å²) in [6.45, 7) is 0. The van der Waals surface area contributed by atoms with E-state index in [1.54, 1.807) is 6.20 Å². The second-order valence-electron chi connectivity index (χ2n) is 5.74. The summed E-state index contributed by atoms with van der Waals surface area (Å²) in [5, 5.41) is 5.01. The Hall–Kier alpha value is -3.73. The molecular weight excluding hydrogens is 324 g/mol. The monoisotopic (exact) mass is 340 g/mol. The van der Waals surface area contributed by atoms with Crippen LogP contribution < -0.4 is 5.43 Å². The van der Waals surface area contributed by atoms with E-state index in [9.17, 15) is 4.79 Å². The van der Waals surface area contributed by atoms with Crippen molar-refractivity contribution in [3.05, 3.63) is 90.4 Å². The van der Waals surface area contributed by atoms with Crippen LogP contribution in [0.4, 0.5) is 0 Å². The topological polar surface area (TPSA) is 70.1 Å². The molecule has 26 heavy (non-hydrogen) atoms. The van der Waals surface area contributed by atoms with Gasteiger partial charge in [-0.15, -0.1) is 0 Å². The number of hydrogen-bond acceptors (Lipinski definition) is 3. The summed E-state index contributed by atoms with van der Waals surface area (Å²) in [5.74, 6) is -0.299. The molecule has 0 saturated heterocycles. The molecule has 0 spiro atoms. The maximum absolute atomic E-state index is 12.7. The van der Waals surface area contributed by atoms with E-state index in [1.165, 1.54) is 6.21 Å². The molecule has 0 aliphatic carbocycles. The number of H-pyrrole nitrogens is 1. The average molecular weight is 340 g/mol. The van der Waals surface area contributed by atoms with Gasteiger partial charge < -0.3 is 4.98 Å². The number of nitrogens with zero attached hydrogens (tertiary/aromatic N) is 2. The third-order valence-electron chi connectivity index (χ3n) is 4.05. The first kappa shape index (κ1) is 15.8. The maximum atomic E-state index is 12.7. The summed E-state index contributed by atoms with van der Waals surface area (Å²) in [6, 6.07) is 23.2. The highest BCUT2D eigenvalue weighted by Gasteiger charge is 2.18. The molecule has 0 atom stereocenters. The molecule has 0 aliphatic rings. The first-order valence-electron chi connectivity index (χ1n) is 8.23. The number of pyridine rings is 1. The Morgan fingerprint density at radius 2 is 1.73 bits per heavy atom. The Labute approximate surface area is 150 Å². The van der Waals surface area contributed by atoms with Crippen molar-refractivity contribution < 1.29 is 4.79 Å². The lowest BCUT2D eigenvalue weighted by atomic mass is 10.0. The minimum atomic E-state index is -0.299. The van der Waals surface area contributed by atoms with Gasteiger partial charge in [-0.25, -0.2) is 5.43 Å². The van der Waals surface area contributed by atoms with Crippen molar-refractivity contribution in [2.24, 2.45) is 5.10 Å². The van der Waals surface area contributed by atoms with Crippen molar-refractivity contribution in [1.82, 2.24) is 15.4 Å². The number of carbonyl (C=O) groups is 1. The quantitative estimate of drug-likeness (QED) is 0.435. The highest BCUT2D eigenvalue weighted by atomic mass is 16.2. The molecule has 1 amide bonds. The van der Waals surface area contributed by atoms with E-state index in [-0.39, 0.29) is 5.91 Å². The Kier molecular flexibility index (Phi) is 4.26. The Morgan fingerprint density at radius 3 is 2.54 bits per heavy atom. The van der Waals surface area contributed by atoms with E-state index in [0.717, 1.165) is 22.0 Å². The maximum Gasteiger partial charge on any atom is 0.288 e. The smallest absolute Gasteiger partial charge is 0.288 e. The van der Waals surface area contributed by atoms with E-state index in [4.69, 9.17) is 0 Å². The van der Waals surface area contributed by atoms with Crippen molar-refractivity contribution in [2.75, 3.05) is 0 Å². The molecule has 126 valence electrons. The summed E-state index contributed by atoms with van der Waals surface area (Å²) in [7, 11) is 0. The second-order valence-corrected chi connectivity index (χ2v) is 5.74. The van der Waals surface area contributed by atoms with E-state index in [0.29, 0.717) is 11.4 Å². The third kappa shape index (κ3) is 3.10. The summed E-state index contributed by atoms with van der Waals surface area (Å²) < 4.78 is 0. The van der Waals surface area contributed by atoms with Crippen LogP contribution in [-0.2, 0) is 0 Å². The lowest BCUT2D eigenvalue weighted by molar-refractivity contribution is 0.0951. The zero-order chi connectivity index (χ0) is 17.8. The standard InChI is InChI=1S/C21H16N4O/c26-21(25-23-14-16-10-6-7-13-22-16)20-19(15-8-2-1-3-9-15)17-11-4-5-12-18(17)24-20/h1-14,24H,(H,25,26). The highest BCUT2D eigenvalue weighted by molar-refractivity contribution is 6.09. The largest absolute Gasteiger partial charge is 0.350 e. The molecule has 5 nitrogen and oxygen atoms in total. The third-order valence-corrected chi connectivity index (χ3v) is 4.05. The van der Waals surface area contributed by atoms with E-state index >= 15 is 0 Å². The molecule has 2 aromatic heterocycles. The number of rotatable bonds is 4. The van der Waals surface area contributed by atoms with Crippen molar-refractivity contribution in [3.63, 3.8) is 0 Å². The number of para-hydroxylation sites is 1. The van der Waals surface area contributed by atoms with Crippen LogP contribution in [0.25, 0.3) is 22.0 Å². The van der Waals surface area contributed by atoms with Crippen LogP contribution in [0.1, 0.15) is 16.2 Å². The average Bonchev–Trinajstić information content (AvgIpc) is 3.09. The molecule has 2 aromatic carbocycles. The van der Waals surface area contributed by atoms with Gasteiger partial charge in [0.2, 0.25) is 0 Å². The fourth-order valence-electron chi connectivity index (χ4n) is 2.88. The number of amides is 1. The lowest BCUT2D eigenvalue weighted by Gasteiger charge is -2.04. The first-order valence-corrected chi connectivity index (χ1v) is 8.23. The van der Waals surface area contributed by atoms with Crippen LogP contribution in [0, 0.1) is 0 Å². The zero-order valence-electron chi connectivity index (χ0n) is 13.9. The number of hydrazone groups is 1. The fraction of sp³-hybridized carbons (Fsp3) is 0. The van der Waals surface area contributed by atoms with E-state index in [1.807, 2.05) is 72.8 Å². The van der Waals surface area contributed by atoms with Gasteiger partial charge in [-0.1, -0.05) is 54.6 Å². The van der Waals surface area contributed by atoms with Crippen LogP contribution in [0.2, 0.25) is 0 Å². The summed E-state index contributed by atoms with van der Waals surface area (Å²) >= 11 is 0. The number of aromatic nitrogens is 2. The van der Waals surface area contributed by atoms with Crippen molar-refractivity contribution >= 4 is 23.0 Å². The molecule has 0 aliphatic heterocycles. The molecule has 0 radical (unpaired) electrons. The molecule has 0 fully saturated rings.